The summed E-state index contributed by atoms with van der Waals surface area (Å²) in [6.45, 7) is 2.79. The summed E-state index contributed by atoms with van der Waals surface area (Å²) < 4.78 is 5.66. The van der Waals surface area contributed by atoms with Gasteiger partial charge in [0, 0.05) is 26.2 Å². The average molecular weight is 337 g/mol. The van der Waals surface area contributed by atoms with E-state index in [1.807, 2.05) is 4.90 Å². The number of carbonyl (C=O) groups is 3. The Balaban J connectivity index is 0.000000471. The zero-order chi connectivity index (χ0) is 17.7. The Morgan fingerprint density at radius 2 is 2.12 bits per heavy atom. The van der Waals surface area contributed by atoms with E-state index in [1.54, 1.807) is 18.3 Å². The molecule has 2 aliphatic heterocycles. The molecule has 1 atom stereocenters. The van der Waals surface area contributed by atoms with Crippen LogP contribution in [0, 0.1) is 0 Å². The Morgan fingerprint density at radius 1 is 1.42 bits per heavy atom. The fourth-order valence-corrected chi connectivity index (χ4v) is 2.68. The lowest BCUT2D eigenvalue weighted by atomic mass is 10.0. The highest BCUT2D eigenvalue weighted by Crippen LogP contribution is 2.31. The van der Waals surface area contributed by atoms with E-state index in [-0.39, 0.29) is 18.1 Å². The van der Waals surface area contributed by atoms with E-state index in [1.165, 1.54) is 0 Å². The first-order valence-electron chi connectivity index (χ1n) is 7.36. The number of aliphatic carboxylic acids is 1. The number of morpholine rings is 1. The van der Waals surface area contributed by atoms with Crippen molar-refractivity contribution >= 4 is 23.7 Å². The van der Waals surface area contributed by atoms with Crippen molar-refractivity contribution in [2.75, 3.05) is 31.1 Å². The average Bonchev–Trinajstić information content (AvgIpc) is 2.94. The van der Waals surface area contributed by atoms with Gasteiger partial charge in [-0.3, -0.25) is 9.59 Å². The number of carboxylic acids is 2. The van der Waals surface area contributed by atoms with Crippen LogP contribution in [0.25, 0.3) is 0 Å². The number of nitrogens with one attached hydrogen (secondary N) is 1. The summed E-state index contributed by atoms with van der Waals surface area (Å²) in [6.07, 6.45) is 2.32. The van der Waals surface area contributed by atoms with E-state index < -0.39 is 17.5 Å². The number of rotatable bonds is 2. The standard InChI is InChI=1S/C13H15N3O4.C2H4O2/c17-10-6-20-13(7-15-10)3-5-16(8-13)11-9(12(18)19)2-1-4-14-11;1-2(3)4/h1-2,4H,3,5-8H2,(H,15,17)(H,18,19);1H3,(H,3,4). The number of hydrogen-bond donors (Lipinski definition) is 3. The molecule has 0 aliphatic carbocycles. The first-order chi connectivity index (χ1) is 11.3. The highest BCUT2D eigenvalue weighted by molar-refractivity contribution is 5.93. The van der Waals surface area contributed by atoms with E-state index in [9.17, 15) is 14.7 Å². The number of hydrogen-bond acceptors (Lipinski definition) is 6. The number of anilines is 1. The van der Waals surface area contributed by atoms with E-state index in [4.69, 9.17) is 14.6 Å². The van der Waals surface area contributed by atoms with Gasteiger partial charge in [0.15, 0.2) is 0 Å². The molecule has 1 unspecified atom stereocenters. The minimum absolute atomic E-state index is 0.0574. The summed E-state index contributed by atoms with van der Waals surface area (Å²) in [6, 6.07) is 3.15. The Labute approximate surface area is 138 Å². The van der Waals surface area contributed by atoms with Gasteiger partial charge in [0.2, 0.25) is 5.91 Å². The molecule has 1 aromatic rings. The van der Waals surface area contributed by atoms with Crippen LogP contribution in [0.2, 0.25) is 0 Å². The monoisotopic (exact) mass is 337 g/mol. The molecular weight excluding hydrogens is 318 g/mol. The van der Waals surface area contributed by atoms with Crippen LogP contribution in [0.4, 0.5) is 5.82 Å². The van der Waals surface area contributed by atoms with E-state index in [2.05, 4.69) is 10.3 Å². The summed E-state index contributed by atoms with van der Waals surface area (Å²) in [5, 5.41) is 19.4. The van der Waals surface area contributed by atoms with Gasteiger partial charge < -0.3 is 25.2 Å². The highest BCUT2D eigenvalue weighted by atomic mass is 16.5. The second-order valence-corrected chi connectivity index (χ2v) is 5.62. The van der Waals surface area contributed by atoms with Crippen LogP contribution in [-0.4, -0.2) is 64.9 Å². The van der Waals surface area contributed by atoms with Gasteiger partial charge in [0.05, 0.1) is 6.54 Å². The largest absolute Gasteiger partial charge is 0.481 e. The van der Waals surface area contributed by atoms with Gasteiger partial charge in [-0.25, -0.2) is 9.78 Å². The van der Waals surface area contributed by atoms with Crippen molar-refractivity contribution in [2.24, 2.45) is 0 Å². The normalized spacial score (nSPS) is 22.5. The fourth-order valence-electron chi connectivity index (χ4n) is 2.68. The molecule has 0 bridgehead atoms. The minimum Gasteiger partial charge on any atom is -0.481 e. The molecule has 3 rings (SSSR count). The fraction of sp³-hybridized carbons (Fsp3) is 0.467. The number of carbonyl (C=O) groups excluding carboxylic acids is 1. The van der Waals surface area contributed by atoms with Crippen molar-refractivity contribution in [1.82, 2.24) is 10.3 Å². The van der Waals surface area contributed by atoms with Gasteiger partial charge in [-0.1, -0.05) is 0 Å². The lowest BCUT2D eigenvalue weighted by Gasteiger charge is -2.33. The van der Waals surface area contributed by atoms with Crippen LogP contribution in [0.3, 0.4) is 0 Å². The maximum absolute atomic E-state index is 11.2. The quantitative estimate of drug-likeness (QED) is 0.686. The van der Waals surface area contributed by atoms with Crippen LogP contribution in [-0.2, 0) is 14.3 Å². The van der Waals surface area contributed by atoms with Gasteiger partial charge in [-0.05, 0) is 18.6 Å². The van der Waals surface area contributed by atoms with Crippen LogP contribution < -0.4 is 10.2 Å². The summed E-state index contributed by atoms with van der Waals surface area (Å²) in [5.41, 5.74) is -0.245. The van der Waals surface area contributed by atoms with Gasteiger partial charge in [-0.2, -0.15) is 0 Å². The van der Waals surface area contributed by atoms with Crippen molar-refractivity contribution in [3.8, 4) is 0 Å². The Kier molecular flexibility index (Phi) is 5.35. The first kappa shape index (κ1) is 17.7. The summed E-state index contributed by atoms with van der Waals surface area (Å²) >= 11 is 0. The summed E-state index contributed by atoms with van der Waals surface area (Å²) in [4.78, 5) is 37.5. The number of amides is 1. The van der Waals surface area contributed by atoms with Gasteiger partial charge in [0.25, 0.3) is 5.97 Å². The zero-order valence-corrected chi connectivity index (χ0v) is 13.2. The van der Waals surface area contributed by atoms with E-state index in [0.29, 0.717) is 25.5 Å². The lowest BCUT2D eigenvalue weighted by Crippen LogP contribution is -2.54. The molecule has 9 nitrogen and oxygen atoms in total. The van der Waals surface area contributed by atoms with Crippen LogP contribution in [0.1, 0.15) is 23.7 Å². The number of carboxylic acid groups (broad SMARTS) is 2. The first-order valence-corrected chi connectivity index (χ1v) is 7.36. The van der Waals surface area contributed by atoms with E-state index >= 15 is 0 Å². The van der Waals surface area contributed by atoms with Crippen molar-refractivity contribution < 1.29 is 29.3 Å². The summed E-state index contributed by atoms with van der Waals surface area (Å²) in [7, 11) is 0. The molecule has 0 aromatic carbocycles. The molecule has 0 radical (unpaired) electrons. The summed E-state index contributed by atoms with van der Waals surface area (Å²) in [5.74, 6) is -1.48. The van der Waals surface area contributed by atoms with Crippen molar-refractivity contribution in [3.63, 3.8) is 0 Å². The number of ether oxygens (including phenoxy) is 1. The van der Waals surface area contributed by atoms with Crippen molar-refractivity contribution in [3.05, 3.63) is 23.9 Å². The van der Waals surface area contributed by atoms with Crippen molar-refractivity contribution in [2.45, 2.75) is 18.9 Å². The number of pyridine rings is 1. The van der Waals surface area contributed by atoms with Gasteiger partial charge >= 0.3 is 5.97 Å². The predicted octanol–water partition coefficient (Wildman–Crippen LogP) is -0.0340. The Bertz CT molecular complexity index is 634. The maximum Gasteiger partial charge on any atom is 0.339 e. The third-order valence-corrected chi connectivity index (χ3v) is 3.75. The SMILES string of the molecule is CC(=O)O.O=C1COC2(CCN(c3ncccc3C(=O)O)C2)CN1. The highest BCUT2D eigenvalue weighted by Gasteiger charge is 2.43. The molecular formula is C15H19N3O6. The zero-order valence-electron chi connectivity index (χ0n) is 13.2. The topological polar surface area (TPSA) is 129 Å². The second-order valence-electron chi connectivity index (χ2n) is 5.62. The molecule has 1 amide bonds. The van der Waals surface area contributed by atoms with E-state index in [0.717, 1.165) is 13.3 Å². The van der Waals surface area contributed by atoms with Crippen LogP contribution in [0.15, 0.2) is 18.3 Å². The number of aromatic nitrogens is 1. The molecule has 3 heterocycles. The maximum atomic E-state index is 11.2. The number of aromatic carboxylic acids is 1. The van der Waals surface area contributed by atoms with Crippen molar-refractivity contribution in [1.29, 1.82) is 0 Å². The third-order valence-electron chi connectivity index (χ3n) is 3.75. The number of nitrogens with zero attached hydrogens (tertiary/aromatic N) is 2. The molecule has 9 heteroatoms. The van der Waals surface area contributed by atoms with Gasteiger partial charge in [-0.15, -0.1) is 0 Å². The van der Waals surface area contributed by atoms with Gasteiger partial charge in [0.1, 0.15) is 23.6 Å². The molecule has 2 fully saturated rings. The third kappa shape index (κ3) is 4.19. The smallest absolute Gasteiger partial charge is 0.339 e. The Morgan fingerprint density at radius 3 is 2.71 bits per heavy atom. The molecule has 130 valence electrons. The predicted molar refractivity (Wildman–Crippen MR) is 83.0 cm³/mol. The molecule has 2 aliphatic rings. The molecule has 2 saturated heterocycles. The molecule has 1 spiro atoms. The Hall–Kier alpha value is -2.68. The van der Waals surface area contributed by atoms with Crippen LogP contribution in [0.5, 0.6) is 0 Å². The minimum atomic E-state index is -0.994. The second kappa shape index (κ2) is 7.26. The lowest BCUT2D eigenvalue weighted by molar-refractivity contribution is -0.141. The molecule has 0 saturated carbocycles. The molecule has 3 N–H and O–H groups in total. The molecule has 24 heavy (non-hydrogen) atoms. The van der Waals surface area contributed by atoms with Crippen LogP contribution >= 0.6 is 0 Å². The molecule has 1 aromatic heterocycles.